The van der Waals surface area contributed by atoms with Gasteiger partial charge in [-0.1, -0.05) is 31.0 Å². The van der Waals surface area contributed by atoms with Crippen molar-refractivity contribution in [1.82, 2.24) is 0 Å². The molecule has 1 aromatic rings. The second kappa shape index (κ2) is 16.7. The van der Waals surface area contributed by atoms with Crippen LogP contribution in [0.1, 0.15) is 62.5 Å². The molecule has 1 radical (unpaired) electrons. The zero-order valence-electron chi connectivity index (χ0n) is 18.4. The summed E-state index contributed by atoms with van der Waals surface area (Å²) < 4.78 is 49.0. The van der Waals surface area contributed by atoms with Crippen molar-refractivity contribution in [3.05, 3.63) is 36.2 Å². The third-order valence-corrected chi connectivity index (χ3v) is 5.63. The van der Waals surface area contributed by atoms with Crippen molar-refractivity contribution in [2.75, 3.05) is 39.6 Å². The highest BCUT2D eigenvalue weighted by molar-refractivity contribution is 7.85. The van der Waals surface area contributed by atoms with Crippen LogP contribution in [0.2, 0.25) is 0 Å². The molecule has 7 heteroatoms. The second-order valence-electron chi connectivity index (χ2n) is 7.50. The average molecular weight is 444 g/mol. The van der Waals surface area contributed by atoms with Gasteiger partial charge in [0.1, 0.15) is 0 Å². The summed E-state index contributed by atoms with van der Waals surface area (Å²) in [5, 5.41) is 0. The predicted molar refractivity (Wildman–Crippen MR) is 119 cm³/mol. The molecule has 0 saturated carbocycles. The van der Waals surface area contributed by atoms with Gasteiger partial charge in [-0.25, -0.2) is 0 Å². The fourth-order valence-electron chi connectivity index (χ4n) is 3.00. The SMILES string of the molecule is [CH2]CCCOCCCCOCCCCOCCCCc1cc(C)ccc1S(=O)(=O)O. The van der Waals surface area contributed by atoms with Crippen molar-refractivity contribution in [2.45, 2.75) is 69.6 Å². The van der Waals surface area contributed by atoms with Crippen LogP contribution in [0, 0.1) is 13.8 Å². The molecule has 1 rings (SSSR count). The smallest absolute Gasteiger partial charge is 0.294 e. The van der Waals surface area contributed by atoms with E-state index in [1.54, 1.807) is 6.07 Å². The molecule has 0 aliphatic rings. The monoisotopic (exact) mass is 443 g/mol. The second-order valence-corrected chi connectivity index (χ2v) is 8.89. The van der Waals surface area contributed by atoms with Crippen LogP contribution < -0.4 is 0 Å². The van der Waals surface area contributed by atoms with Crippen LogP contribution in [0.3, 0.4) is 0 Å². The molecular formula is C23H39O6S. The van der Waals surface area contributed by atoms with Crippen LogP contribution in [0.4, 0.5) is 0 Å². The average Bonchev–Trinajstić information content (AvgIpc) is 2.69. The summed E-state index contributed by atoms with van der Waals surface area (Å²) in [6, 6.07) is 4.99. The number of unbranched alkanes of at least 4 members (excludes halogenated alkanes) is 4. The summed E-state index contributed by atoms with van der Waals surface area (Å²) >= 11 is 0. The Morgan fingerprint density at radius 2 is 1.27 bits per heavy atom. The van der Waals surface area contributed by atoms with Crippen molar-refractivity contribution >= 4 is 10.1 Å². The van der Waals surface area contributed by atoms with E-state index in [0.29, 0.717) is 25.2 Å². The van der Waals surface area contributed by atoms with Gasteiger partial charge in [-0.3, -0.25) is 4.55 Å². The number of hydrogen-bond acceptors (Lipinski definition) is 5. The van der Waals surface area contributed by atoms with Gasteiger partial charge in [-0.05, 0) is 69.9 Å². The Morgan fingerprint density at radius 3 is 1.73 bits per heavy atom. The van der Waals surface area contributed by atoms with Gasteiger partial charge in [-0.2, -0.15) is 8.42 Å². The van der Waals surface area contributed by atoms with E-state index in [9.17, 15) is 13.0 Å². The van der Waals surface area contributed by atoms with E-state index in [2.05, 4.69) is 6.92 Å². The lowest BCUT2D eigenvalue weighted by molar-refractivity contribution is 0.0896. The molecule has 1 N–H and O–H groups in total. The first-order chi connectivity index (χ1) is 14.4. The van der Waals surface area contributed by atoms with Crippen molar-refractivity contribution < 1.29 is 27.2 Å². The molecule has 0 amide bonds. The molecule has 0 spiro atoms. The number of ether oxygens (including phenoxy) is 3. The first-order valence-electron chi connectivity index (χ1n) is 11.0. The van der Waals surface area contributed by atoms with Crippen LogP contribution in [0.15, 0.2) is 23.1 Å². The van der Waals surface area contributed by atoms with Gasteiger partial charge in [0.25, 0.3) is 10.1 Å². The molecule has 0 fully saturated rings. The van der Waals surface area contributed by atoms with E-state index in [-0.39, 0.29) is 4.90 Å². The Bertz CT molecular complexity index is 660. The summed E-state index contributed by atoms with van der Waals surface area (Å²) in [7, 11) is -4.17. The van der Waals surface area contributed by atoms with Gasteiger partial charge in [0, 0.05) is 39.6 Å². The van der Waals surface area contributed by atoms with Crippen LogP contribution in [0.25, 0.3) is 0 Å². The van der Waals surface area contributed by atoms with Crippen LogP contribution in [-0.2, 0) is 30.7 Å². The van der Waals surface area contributed by atoms with Gasteiger partial charge >= 0.3 is 0 Å². The standard InChI is InChI=1S/C23H39O6S/c1-3-4-14-27-16-7-8-18-29-19-10-9-17-28-15-6-5-11-22-20-21(2)12-13-23(22)30(24,25)26/h12-13,20H,1,3-11,14-19H2,2H3,(H,24,25,26). The summed E-state index contributed by atoms with van der Waals surface area (Å²) in [4.78, 5) is 0.00980. The highest BCUT2D eigenvalue weighted by Gasteiger charge is 2.14. The van der Waals surface area contributed by atoms with E-state index in [1.165, 1.54) is 6.07 Å². The number of hydrogen-bond donors (Lipinski definition) is 1. The van der Waals surface area contributed by atoms with Crippen molar-refractivity contribution in [3.63, 3.8) is 0 Å². The molecule has 0 heterocycles. The topological polar surface area (TPSA) is 82.1 Å². The highest BCUT2D eigenvalue weighted by atomic mass is 32.2. The third-order valence-electron chi connectivity index (χ3n) is 4.67. The lowest BCUT2D eigenvalue weighted by atomic mass is 10.1. The highest BCUT2D eigenvalue weighted by Crippen LogP contribution is 2.19. The minimum atomic E-state index is -4.17. The Hall–Kier alpha value is -0.990. The van der Waals surface area contributed by atoms with E-state index < -0.39 is 10.1 Å². The van der Waals surface area contributed by atoms with Gasteiger partial charge in [0.15, 0.2) is 0 Å². The maximum absolute atomic E-state index is 11.5. The Morgan fingerprint density at radius 1 is 0.800 bits per heavy atom. The maximum Gasteiger partial charge on any atom is 0.294 e. The molecule has 0 aliphatic heterocycles. The molecule has 30 heavy (non-hydrogen) atoms. The van der Waals surface area contributed by atoms with Crippen molar-refractivity contribution in [2.24, 2.45) is 0 Å². The summed E-state index contributed by atoms with van der Waals surface area (Å²) in [5.74, 6) is 0. The van der Waals surface area contributed by atoms with Crippen LogP contribution in [-0.4, -0.2) is 52.6 Å². The van der Waals surface area contributed by atoms with Gasteiger partial charge < -0.3 is 14.2 Å². The molecule has 0 saturated heterocycles. The van der Waals surface area contributed by atoms with Crippen LogP contribution >= 0.6 is 0 Å². The number of aryl methyl sites for hydroxylation is 2. The Labute approximate surface area is 183 Å². The fourth-order valence-corrected chi connectivity index (χ4v) is 3.73. The molecule has 1 aromatic carbocycles. The lowest BCUT2D eigenvalue weighted by Gasteiger charge is -2.09. The molecule has 173 valence electrons. The molecule has 0 aromatic heterocycles. The number of rotatable bonds is 19. The minimum absolute atomic E-state index is 0.00980. The summed E-state index contributed by atoms with van der Waals surface area (Å²) in [6.07, 6.45) is 8.25. The van der Waals surface area contributed by atoms with E-state index in [0.717, 1.165) is 83.4 Å². The fraction of sp³-hybridized carbons (Fsp3) is 0.696. The summed E-state index contributed by atoms with van der Waals surface area (Å²) in [6.45, 7) is 10.2. The minimum Gasteiger partial charge on any atom is -0.381 e. The lowest BCUT2D eigenvalue weighted by Crippen LogP contribution is -2.05. The summed E-state index contributed by atoms with van der Waals surface area (Å²) in [5.41, 5.74) is 1.65. The van der Waals surface area contributed by atoms with Gasteiger partial charge in [-0.15, -0.1) is 0 Å². The molecule has 0 aliphatic carbocycles. The quantitative estimate of drug-likeness (QED) is 0.245. The molecular weight excluding hydrogens is 404 g/mol. The third kappa shape index (κ3) is 13.3. The van der Waals surface area contributed by atoms with E-state index >= 15 is 0 Å². The number of benzene rings is 1. The molecule has 0 bridgehead atoms. The van der Waals surface area contributed by atoms with Gasteiger partial charge in [0.2, 0.25) is 0 Å². The van der Waals surface area contributed by atoms with E-state index in [1.807, 2.05) is 13.0 Å². The maximum atomic E-state index is 11.5. The first-order valence-corrected chi connectivity index (χ1v) is 12.5. The van der Waals surface area contributed by atoms with Gasteiger partial charge in [0.05, 0.1) is 4.90 Å². The molecule has 6 nitrogen and oxygen atoms in total. The predicted octanol–water partition coefficient (Wildman–Crippen LogP) is 4.79. The van der Waals surface area contributed by atoms with Crippen LogP contribution in [0.5, 0.6) is 0 Å². The zero-order chi connectivity index (χ0) is 22.1. The van der Waals surface area contributed by atoms with E-state index in [4.69, 9.17) is 14.2 Å². The van der Waals surface area contributed by atoms with Crippen molar-refractivity contribution in [3.8, 4) is 0 Å². The largest absolute Gasteiger partial charge is 0.381 e. The zero-order valence-corrected chi connectivity index (χ0v) is 19.3. The Kier molecular flexibility index (Phi) is 15.0. The van der Waals surface area contributed by atoms with Crippen molar-refractivity contribution in [1.29, 1.82) is 0 Å². The molecule has 0 unspecified atom stereocenters. The Balaban J connectivity index is 1.95. The normalized spacial score (nSPS) is 11.8. The first kappa shape index (κ1) is 27.0. The molecule has 0 atom stereocenters.